The molecule has 0 saturated carbocycles. The number of rotatable bonds is 2. The van der Waals surface area contributed by atoms with Crippen molar-refractivity contribution in [3.63, 3.8) is 0 Å². The molecule has 1 atom stereocenters. The predicted octanol–water partition coefficient (Wildman–Crippen LogP) is 1.05. The number of halogens is 2. The lowest BCUT2D eigenvalue weighted by Crippen LogP contribution is -2.14. The fraction of sp³-hybridized carbons (Fsp3) is 0.625. The van der Waals surface area contributed by atoms with Crippen LogP contribution >= 0.6 is 12.4 Å². The van der Waals surface area contributed by atoms with Crippen molar-refractivity contribution in [2.75, 3.05) is 13.1 Å². The van der Waals surface area contributed by atoms with E-state index < -0.39 is 0 Å². The molecule has 0 spiro atoms. The summed E-state index contributed by atoms with van der Waals surface area (Å²) in [6, 6.07) is 0. The molecular formula is C8H13ClFN3. The average Bonchev–Trinajstić information content (AvgIpc) is 2.63. The summed E-state index contributed by atoms with van der Waals surface area (Å²) >= 11 is 0. The van der Waals surface area contributed by atoms with Crippen molar-refractivity contribution >= 4 is 12.4 Å². The summed E-state index contributed by atoms with van der Waals surface area (Å²) in [4.78, 5) is 0. The smallest absolute Gasteiger partial charge is 0.161 e. The second kappa shape index (κ2) is 4.58. The number of hydrogen-bond donors (Lipinski definition) is 1. The fourth-order valence-electron chi connectivity index (χ4n) is 1.57. The zero-order valence-corrected chi connectivity index (χ0v) is 8.06. The molecule has 1 aliphatic heterocycles. The lowest BCUT2D eigenvalue weighted by Gasteiger charge is -2.06. The van der Waals surface area contributed by atoms with Crippen LogP contribution in [-0.4, -0.2) is 22.9 Å². The summed E-state index contributed by atoms with van der Waals surface area (Å²) < 4.78 is 14.2. The Hall–Kier alpha value is -0.610. The van der Waals surface area contributed by atoms with Crippen molar-refractivity contribution in [1.82, 2.24) is 15.1 Å². The Kier molecular flexibility index (Phi) is 3.69. The van der Waals surface area contributed by atoms with Gasteiger partial charge in [0.15, 0.2) is 5.82 Å². The van der Waals surface area contributed by atoms with Crippen LogP contribution in [0.5, 0.6) is 0 Å². The van der Waals surface area contributed by atoms with E-state index in [4.69, 9.17) is 0 Å². The molecule has 0 aromatic carbocycles. The molecule has 2 heterocycles. The molecule has 1 aromatic rings. The van der Waals surface area contributed by atoms with Crippen molar-refractivity contribution in [2.24, 2.45) is 5.92 Å². The van der Waals surface area contributed by atoms with Crippen LogP contribution in [0, 0.1) is 11.7 Å². The highest BCUT2D eigenvalue weighted by Crippen LogP contribution is 2.09. The Bertz CT molecular complexity index is 258. The molecule has 5 heteroatoms. The van der Waals surface area contributed by atoms with Gasteiger partial charge in [0, 0.05) is 6.54 Å². The molecule has 1 aliphatic rings. The maximum absolute atomic E-state index is 12.5. The van der Waals surface area contributed by atoms with Gasteiger partial charge in [-0.2, -0.15) is 5.10 Å². The van der Waals surface area contributed by atoms with Gasteiger partial charge in [-0.1, -0.05) is 0 Å². The number of nitrogens with zero attached hydrogens (tertiary/aromatic N) is 2. The third-order valence-corrected chi connectivity index (χ3v) is 2.21. The van der Waals surface area contributed by atoms with Crippen LogP contribution in [0.4, 0.5) is 4.39 Å². The van der Waals surface area contributed by atoms with Crippen molar-refractivity contribution in [2.45, 2.75) is 13.0 Å². The first-order valence-corrected chi connectivity index (χ1v) is 4.23. The highest BCUT2D eigenvalue weighted by atomic mass is 35.5. The summed E-state index contributed by atoms with van der Waals surface area (Å²) in [5.41, 5.74) is 0. The Morgan fingerprint density at radius 1 is 1.69 bits per heavy atom. The van der Waals surface area contributed by atoms with Crippen molar-refractivity contribution in [3.8, 4) is 0 Å². The minimum Gasteiger partial charge on any atom is -0.316 e. The highest BCUT2D eigenvalue weighted by molar-refractivity contribution is 5.85. The molecule has 74 valence electrons. The quantitative estimate of drug-likeness (QED) is 0.783. The minimum atomic E-state index is -0.249. The van der Waals surface area contributed by atoms with Gasteiger partial charge < -0.3 is 5.32 Å². The zero-order chi connectivity index (χ0) is 8.39. The molecule has 0 amide bonds. The summed E-state index contributed by atoms with van der Waals surface area (Å²) in [6.07, 6.45) is 3.86. The van der Waals surface area contributed by atoms with Crippen LogP contribution in [0.25, 0.3) is 0 Å². The first-order chi connectivity index (χ1) is 5.84. The van der Waals surface area contributed by atoms with Gasteiger partial charge >= 0.3 is 0 Å². The molecule has 1 fully saturated rings. The third kappa shape index (κ3) is 2.67. The van der Waals surface area contributed by atoms with Crippen LogP contribution in [0.3, 0.4) is 0 Å². The Balaban J connectivity index is 0.000000845. The molecule has 0 bridgehead atoms. The van der Waals surface area contributed by atoms with Crippen molar-refractivity contribution < 1.29 is 4.39 Å². The van der Waals surface area contributed by atoms with E-state index in [-0.39, 0.29) is 18.2 Å². The Morgan fingerprint density at radius 2 is 2.54 bits per heavy atom. The molecule has 1 N–H and O–H groups in total. The van der Waals surface area contributed by atoms with Crippen LogP contribution in [0.1, 0.15) is 6.42 Å². The van der Waals surface area contributed by atoms with E-state index in [1.54, 1.807) is 4.68 Å². The standard InChI is InChI=1S/C8H12FN3.ClH/c9-8-4-11-12(6-8)5-7-1-2-10-3-7;/h4,6-7,10H,1-3,5H2;1H/t7-;/m0./s1. The maximum Gasteiger partial charge on any atom is 0.161 e. The molecule has 3 nitrogen and oxygen atoms in total. The van der Waals surface area contributed by atoms with Crippen molar-refractivity contribution in [1.29, 1.82) is 0 Å². The minimum absolute atomic E-state index is 0. The topological polar surface area (TPSA) is 29.9 Å². The molecule has 2 rings (SSSR count). The van der Waals surface area contributed by atoms with E-state index in [1.807, 2.05) is 0 Å². The Labute approximate surface area is 82.7 Å². The summed E-state index contributed by atoms with van der Waals surface area (Å²) in [5, 5.41) is 7.16. The lowest BCUT2D eigenvalue weighted by molar-refractivity contribution is 0.447. The van der Waals surface area contributed by atoms with Crippen LogP contribution in [-0.2, 0) is 6.54 Å². The van der Waals surface area contributed by atoms with Gasteiger partial charge in [-0.3, -0.25) is 4.68 Å². The van der Waals surface area contributed by atoms with E-state index in [9.17, 15) is 4.39 Å². The van der Waals surface area contributed by atoms with E-state index >= 15 is 0 Å². The second-order valence-corrected chi connectivity index (χ2v) is 3.24. The zero-order valence-electron chi connectivity index (χ0n) is 7.24. The van der Waals surface area contributed by atoms with Gasteiger partial charge in [-0.15, -0.1) is 12.4 Å². The van der Waals surface area contributed by atoms with Gasteiger partial charge in [0.05, 0.1) is 12.4 Å². The van der Waals surface area contributed by atoms with Gasteiger partial charge in [0.2, 0.25) is 0 Å². The monoisotopic (exact) mass is 205 g/mol. The fourth-order valence-corrected chi connectivity index (χ4v) is 1.57. The molecule has 1 saturated heterocycles. The van der Waals surface area contributed by atoms with Gasteiger partial charge in [0.25, 0.3) is 0 Å². The second-order valence-electron chi connectivity index (χ2n) is 3.24. The average molecular weight is 206 g/mol. The number of hydrogen-bond acceptors (Lipinski definition) is 2. The summed E-state index contributed by atoms with van der Waals surface area (Å²) in [5.74, 6) is 0.366. The Morgan fingerprint density at radius 3 is 3.08 bits per heavy atom. The predicted molar refractivity (Wildman–Crippen MR) is 50.4 cm³/mol. The molecule has 0 radical (unpaired) electrons. The summed E-state index contributed by atoms with van der Waals surface area (Å²) in [6.45, 7) is 2.94. The van der Waals surface area contributed by atoms with E-state index in [0.717, 1.165) is 19.6 Å². The summed E-state index contributed by atoms with van der Waals surface area (Å²) in [7, 11) is 0. The first-order valence-electron chi connectivity index (χ1n) is 4.23. The molecule has 0 aliphatic carbocycles. The van der Waals surface area contributed by atoms with Gasteiger partial charge in [0.1, 0.15) is 0 Å². The SMILES string of the molecule is Cl.Fc1cnn(C[C@H]2CCNC2)c1. The molecule has 13 heavy (non-hydrogen) atoms. The third-order valence-electron chi connectivity index (χ3n) is 2.21. The van der Waals surface area contributed by atoms with Crippen LogP contribution in [0.2, 0.25) is 0 Å². The normalized spacial score (nSPS) is 21.5. The van der Waals surface area contributed by atoms with Gasteiger partial charge in [-0.05, 0) is 25.4 Å². The van der Waals surface area contributed by atoms with E-state index in [2.05, 4.69) is 10.4 Å². The maximum atomic E-state index is 12.5. The first kappa shape index (κ1) is 10.5. The van der Waals surface area contributed by atoms with Crippen LogP contribution in [0.15, 0.2) is 12.4 Å². The number of nitrogens with one attached hydrogen (secondary N) is 1. The van der Waals surface area contributed by atoms with Crippen LogP contribution < -0.4 is 5.32 Å². The lowest BCUT2D eigenvalue weighted by atomic mass is 10.1. The molecular weight excluding hydrogens is 193 g/mol. The highest BCUT2D eigenvalue weighted by Gasteiger charge is 2.14. The molecule has 1 aromatic heterocycles. The van der Waals surface area contributed by atoms with Crippen molar-refractivity contribution in [3.05, 3.63) is 18.2 Å². The number of aromatic nitrogens is 2. The van der Waals surface area contributed by atoms with E-state index in [1.165, 1.54) is 18.8 Å². The van der Waals surface area contributed by atoms with E-state index in [0.29, 0.717) is 5.92 Å². The largest absolute Gasteiger partial charge is 0.316 e. The molecule has 0 unspecified atom stereocenters. The van der Waals surface area contributed by atoms with Gasteiger partial charge in [-0.25, -0.2) is 4.39 Å².